The van der Waals surface area contributed by atoms with Crippen molar-refractivity contribution in [3.63, 3.8) is 0 Å². The minimum Gasteiger partial charge on any atom is -0.352 e. The topological polar surface area (TPSA) is 142 Å². The van der Waals surface area contributed by atoms with Crippen LogP contribution in [-0.4, -0.2) is 56.6 Å². The molecular weight excluding hydrogens is 1760 g/mol. The van der Waals surface area contributed by atoms with Crippen molar-refractivity contribution >= 4 is 89.5 Å². The largest absolute Gasteiger partial charge is 0.352 e. The van der Waals surface area contributed by atoms with E-state index in [2.05, 4.69) is 378 Å². The van der Waals surface area contributed by atoms with Crippen LogP contribution in [0.1, 0.15) is 182 Å². The average Bonchev–Trinajstić information content (AvgIpc) is 1.32. The number of thiazole rings is 2. The molecule has 14 aromatic rings. The van der Waals surface area contributed by atoms with E-state index < -0.39 is 0 Å². The molecule has 2 heterocycles. The summed E-state index contributed by atoms with van der Waals surface area (Å²) >= 11 is 3.49. The lowest BCUT2D eigenvalue weighted by molar-refractivity contribution is -0.121. The molecule has 0 aliphatic rings. The first-order valence-corrected chi connectivity index (χ1v) is 53.4. The number of nitrogens with zero attached hydrogens (tertiary/aromatic N) is 2. The van der Waals surface area contributed by atoms with Crippen molar-refractivity contribution in [3.8, 4) is 87.9 Å². The Bertz CT molecular complexity index is 6610. The van der Waals surface area contributed by atoms with Crippen LogP contribution in [0.4, 0.5) is 0 Å². The van der Waals surface area contributed by atoms with Gasteiger partial charge in [-0.25, -0.2) is 9.97 Å². The molecule has 134 heavy (non-hydrogen) atoms. The number of benzene rings is 12. The number of rotatable bonds is 33. The van der Waals surface area contributed by atoms with Gasteiger partial charge in [0.2, 0.25) is 23.6 Å². The second-order valence-corrected chi connectivity index (χ2v) is 43.1. The highest BCUT2D eigenvalue weighted by Crippen LogP contribution is 2.41. The molecule has 0 aliphatic heterocycles. The Morgan fingerprint density at radius 1 is 0.246 bits per heavy atom. The SMILES string of the molecule is Cc1cc(CNC(=O)CCSSCCC(=O)NCc2ccc(C)c(-c3cccc(C)c3C)c2)ccc1-c1cccc(C)c1C.Cc1cccc(-c2cc(-c3nc(CCc4csc(-c5ccc(-c6cccc(C)c6C)c(C)c5C)n4)cs3)cc(C)c2C)c1C.Cc1cccc(-c2cc(CNC(=O)CCSSCCC(=O)NCc3ccc(-c4cccc(C)c4C)c(C)c3C)cc(C)c2C)c1C. The van der Waals surface area contributed by atoms with Crippen molar-refractivity contribution < 1.29 is 19.2 Å². The van der Waals surface area contributed by atoms with Crippen molar-refractivity contribution in [2.75, 3.05) is 23.0 Å². The molecule has 0 fully saturated rings. The lowest BCUT2D eigenvalue weighted by atomic mass is 9.90. The molecule has 0 saturated carbocycles. The average molecular weight is 1890 g/mol. The number of amides is 4. The second-order valence-electron chi connectivity index (χ2n) is 36.0. The van der Waals surface area contributed by atoms with Crippen molar-refractivity contribution in [3.05, 3.63) is 361 Å². The number of carbonyl (C=O) groups is 4. The molecule has 0 spiro atoms. The first-order valence-electron chi connectivity index (χ1n) is 46.7. The molecule has 4 N–H and O–H groups in total. The molecule has 0 unspecified atom stereocenters. The summed E-state index contributed by atoms with van der Waals surface area (Å²) in [5.74, 6) is 3.05. The van der Waals surface area contributed by atoms with Gasteiger partial charge in [-0.1, -0.05) is 213 Å². The molecule has 12 aromatic carbocycles. The quantitative estimate of drug-likeness (QED) is 0.0232. The van der Waals surface area contributed by atoms with Gasteiger partial charge in [-0.3, -0.25) is 19.2 Å². The third kappa shape index (κ3) is 26.3. The van der Waals surface area contributed by atoms with Gasteiger partial charge in [0.15, 0.2) is 0 Å². The Kier molecular flexibility index (Phi) is 36.6. The van der Waals surface area contributed by atoms with Crippen LogP contribution in [0.15, 0.2) is 205 Å². The molecule has 0 bridgehead atoms. The van der Waals surface area contributed by atoms with Crippen LogP contribution in [0.3, 0.4) is 0 Å². The molecule has 16 heteroatoms. The lowest BCUT2D eigenvalue weighted by Crippen LogP contribution is -2.23. The van der Waals surface area contributed by atoms with Crippen LogP contribution in [0.25, 0.3) is 87.9 Å². The summed E-state index contributed by atoms with van der Waals surface area (Å²) in [7, 11) is 6.58. The predicted octanol–water partition coefficient (Wildman–Crippen LogP) is 30.1. The smallest absolute Gasteiger partial charge is 0.221 e. The highest BCUT2D eigenvalue weighted by molar-refractivity contribution is 8.77. The number of hydrogen-bond acceptors (Lipinski definition) is 12. The third-order valence-electron chi connectivity index (χ3n) is 27.0. The van der Waals surface area contributed by atoms with Crippen molar-refractivity contribution in [1.29, 1.82) is 0 Å². The van der Waals surface area contributed by atoms with Crippen LogP contribution in [0, 0.1) is 152 Å². The van der Waals surface area contributed by atoms with E-state index in [1.54, 1.807) is 65.8 Å². The highest BCUT2D eigenvalue weighted by Gasteiger charge is 2.21. The predicted molar refractivity (Wildman–Crippen MR) is 581 cm³/mol. The van der Waals surface area contributed by atoms with Crippen LogP contribution >= 0.6 is 65.8 Å². The van der Waals surface area contributed by atoms with Crippen molar-refractivity contribution in [2.45, 2.75) is 217 Å². The molecule has 4 amide bonds. The molecule has 0 radical (unpaired) electrons. The normalized spacial score (nSPS) is 11.1. The Hall–Kier alpha value is -10.8. The van der Waals surface area contributed by atoms with Gasteiger partial charge in [-0.15, -0.1) is 22.7 Å². The molecule has 0 saturated heterocycles. The number of aromatic nitrogens is 2. The maximum absolute atomic E-state index is 12.6. The first kappa shape index (κ1) is 102. The fraction of sp³-hybridized carbons (Fsp3) is 0.305. The van der Waals surface area contributed by atoms with Crippen molar-refractivity contribution in [2.24, 2.45) is 0 Å². The van der Waals surface area contributed by atoms with Crippen LogP contribution in [0.5, 0.6) is 0 Å². The molecule has 2 aromatic heterocycles. The molecule has 0 aliphatic carbocycles. The summed E-state index contributed by atoms with van der Waals surface area (Å²) in [4.78, 5) is 60.1. The van der Waals surface area contributed by atoms with Crippen LogP contribution in [0.2, 0.25) is 0 Å². The summed E-state index contributed by atoms with van der Waals surface area (Å²) in [6.07, 6.45) is 3.60. The lowest BCUT2D eigenvalue weighted by Gasteiger charge is -2.16. The fourth-order valence-corrected chi connectivity index (χ4v) is 22.8. The number of carbonyl (C=O) groups excluding carboxylic acids is 4. The Balaban J connectivity index is 0.000000181. The third-order valence-corrected chi connectivity index (χ3v) is 33.7. The molecule has 10 nitrogen and oxygen atoms in total. The summed E-state index contributed by atoms with van der Waals surface area (Å²) in [5.41, 5.74) is 52.8. The number of aryl methyl sites for hydroxylation is 12. The summed E-state index contributed by atoms with van der Waals surface area (Å²) in [6, 6.07) is 69.5. The number of hydrogen-bond donors (Lipinski definition) is 4. The first-order chi connectivity index (χ1) is 64.2. The standard InChI is InChI=1S/C40H48N2O2S2.C40H40N2S2.C38H44N2O2S2/c1-25-11-9-13-35(28(25)4)37-16-15-34(31(7)32(37)8)24-42-40(44)18-20-46-45-19-17-39(43)41-23-33-21-27(3)30(6)38(22-33)36-14-10-12-26(2)29(36)5;1-23-11-9-13-34(26(23)4)36-17-18-37(30(8)29(36)7)40-42-33(22-44-40)16-15-32-21-43-39(41-32)31-19-25(3)28(6)38(20-31)35-14-10-12-24(2)27(35)5;1-25-9-7-11-34(29(25)5)33-16-15-31(21-28(33)4)23-39-37(41)17-19-43-44-20-18-38(42)40-24-32-14-13-27(3)36(22-32)35-12-8-10-26(2)30(35)6/h9-16,21-22H,17-20,23-24H2,1-8H3,(H,41,43)(H,42,44);9-14,17-22H,15-16H2,1-8H3;7-16,21-22H,17-20,23-24H2,1-6H3,(H,39,41)(H,40,42). The summed E-state index contributed by atoms with van der Waals surface area (Å²) in [6.45, 7) is 49.9. The zero-order valence-corrected chi connectivity index (χ0v) is 87.4. The van der Waals surface area contributed by atoms with E-state index in [0.29, 0.717) is 74.9 Å². The van der Waals surface area contributed by atoms with Gasteiger partial charge >= 0.3 is 0 Å². The van der Waals surface area contributed by atoms with Gasteiger partial charge < -0.3 is 21.3 Å². The van der Waals surface area contributed by atoms with Gasteiger partial charge in [-0.05, 0) is 401 Å². The minimum atomic E-state index is 0.0450. The van der Waals surface area contributed by atoms with E-state index in [9.17, 15) is 19.2 Å². The Morgan fingerprint density at radius 3 is 1.00 bits per heavy atom. The molecular formula is C118H132N6O4S6. The molecule has 14 rings (SSSR count). The molecule has 0 atom stereocenters. The van der Waals surface area contributed by atoms with E-state index in [1.807, 2.05) is 0 Å². The zero-order valence-electron chi connectivity index (χ0n) is 82.5. The van der Waals surface area contributed by atoms with E-state index in [-0.39, 0.29) is 23.6 Å². The zero-order chi connectivity index (χ0) is 96.1. The fourth-order valence-electron chi connectivity index (χ4n) is 17.0. The van der Waals surface area contributed by atoms with Gasteiger partial charge in [0.05, 0.1) is 11.4 Å². The second kappa shape index (κ2) is 48.1. The van der Waals surface area contributed by atoms with E-state index in [1.165, 1.54) is 200 Å². The monoisotopic (exact) mass is 1890 g/mol. The number of nitrogens with one attached hydrogen (secondary N) is 4. The van der Waals surface area contributed by atoms with Gasteiger partial charge in [-0.2, -0.15) is 0 Å². The van der Waals surface area contributed by atoms with Gasteiger partial charge in [0.25, 0.3) is 0 Å². The van der Waals surface area contributed by atoms with E-state index in [0.717, 1.165) is 56.5 Å². The Morgan fingerprint density at radius 2 is 0.552 bits per heavy atom. The Labute approximate surface area is 822 Å². The van der Waals surface area contributed by atoms with Crippen molar-refractivity contribution in [1.82, 2.24) is 31.2 Å². The minimum absolute atomic E-state index is 0.0450. The maximum Gasteiger partial charge on any atom is 0.221 e. The van der Waals surface area contributed by atoms with Gasteiger partial charge in [0, 0.05) is 96.8 Å². The van der Waals surface area contributed by atoms with Crippen LogP contribution < -0.4 is 21.3 Å². The highest BCUT2D eigenvalue weighted by atomic mass is 33.1. The molecule has 694 valence electrons. The van der Waals surface area contributed by atoms with E-state index >= 15 is 0 Å². The summed E-state index contributed by atoms with van der Waals surface area (Å²) in [5, 5.41) is 18.9. The maximum atomic E-state index is 12.6. The summed E-state index contributed by atoms with van der Waals surface area (Å²) < 4.78 is 0. The van der Waals surface area contributed by atoms with Crippen LogP contribution in [-0.2, 0) is 58.2 Å². The van der Waals surface area contributed by atoms with Gasteiger partial charge in [0.1, 0.15) is 10.0 Å². The van der Waals surface area contributed by atoms with E-state index in [4.69, 9.17) is 9.97 Å².